The molecule has 5 nitrogen and oxygen atoms in total. The summed E-state index contributed by atoms with van der Waals surface area (Å²) in [5.74, 6) is -1.72. The van der Waals surface area contributed by atoms with Gasteiger partial charge in [-0.1, -0.05) is 19.3 Å². The first-order chi connectivity index (χ1) is 9.67. The summed E-state index contributed by atoms with van der Waals surface area (Å²) in [6, 6.07) is 0. The zero-order chi connectivity index (χ0) is 15.2. The lowest BCUT2D eigenvalue weighted by Gasteiger charge is -2.14. The van der Waals surface area contributed by atoms with Gasteiger partial charge in [-0.3, -0.25) is 9.59 Å². The second-order valence-electron chi connectivity index (χ2n) is 4.46. The third kappa shape index (κ3) is 8.91. The Labute approximate surface area is 122 Å². The van der Waals surface area contributed by atoms with Crippen LogP contribution < -0.4 is 0 Å². The van der Waals surface area contributed by atoms with E-state index in [1.165, 1.54) is 0 Å². The highest BCUT2D eigenvalue weighted by Gasteiger charge is 2.28. The third-order valence-electron chi connectivity index (χ3n) is 2.88. The van der Waals surface area contributed by atoms with Crippen molar-refractivity contribution in [3.8, 4) is 0 Å². The number of unbranched alkanes of at least 4 members (excludes halogenated alkanes) is 3. The van der Waals surface area contributed by atoms with Gasteiger partial charge in [0.15, 0.2) is 5.92 Å². The van der Waals surface area contributed by atoms with Crippen LogP contribution in [0.3, 0.4) is 0 Å². The van der Waals surface area contributed by atoms with Crippen molar-refractivity contribution in [3.05, 3.63) is 0 Å². The molecule has 0 saturated carbocycles. The van der Waals surface area contributed by atoms with Gasteiger partial charge in [-0.2, -0.15) is 0 Å². The minimum Gasteiger partial charge on any atom is -0.465 e. The smallest absolute Gasteiger partial charge is 0.320 e. The van der Waals surface area contributed by atoms with Crippen LogP contribution in [0.25, 0.3) is 0 Å². The molecule has 5 heteroatoms. The molecule has 0 aliphatic heterocycles. The van der Waals surface area contributed by atoms with E-state index >= 15 is 0 Å². The number of hydrogen-bond donors (Lipinski definition) is 0. The van der Waals surface area contributed by atoms with Gasteiger partial charge in [0.05, 0.1) is 13.2 Å². The van der Waals surface area contributed by atoms with Crippen LogP contribution in [0.2, 0.25) is 0 Å². The third-order valence-corrected chi connectivity index (χ3v) is 2.88. The van der Waals surface area contributed by atoms with Crippen LogP contribution in [0.4, 0.5) is 0 Å². The average molecular weight is 288 g/mol. The Kier molecular flexibility index (Phi) is 12.2. The molecule has 0 radical (unpaired) electrons. The van der Waals surface area contributed by atoms with Crippen LogP contribution in [-0.2, 0) is 23.8 Å². The van der Waals surface area contributed by atoms with E-state index in [2.05, 4.69) is 0 Å². The quantitative estimate of drug-likeness (QED) is 0.314. The molecule has 0 aromatic heterocycles. The van der Waals surface area contributed by atoms with Crippen molar-refractivity contribution in [2.24, 2.45) is 5.92 Å². The summed E-state index contributed by atoms with van der Waals surface area (Å²) in [6.07, 6.45) is 4.33. The molecule has 0 aliphatic carbocycles. The van der Waals surface area contributed by atoms with Crippen molar-refractivity contribution in [3.63, 3.8) is 0 Å². The van der Waals surface area contributed by atoms with E-state index in [0.717, 1.165) is 38.9 Å². The standard InChI is InChI=1S/C15H28O5/c1-4-18-12-10-8-7-9-11-13(14(16)19-5-2)15(17)20-6-3/h13H,4-12H2,1-3H3. The lowest BCUT2D eigenvalue weighted by atomic mass is 10.0. The molecule has 0 aromatic carbocycles. The molecular formula is C15H28O5. The monoisotopic (exact) mass is 288 g/mol. The van der Waals surface area contributed by atoms with Gasteiger partial charge in [-0.15, -0.1) is 0 Å². The lowest BCUT2D eigenvalue weighted by Crippen LogP contribution is -2.28. The van der Waals surface area contributed by atoms with E-state index in [0.29, 0.717) is 6.42 Å². The Morgan fingerprint density at radius 3 is 1.85 bits per heavy atom. The predicted molar refractivity (Wildman–Crippen MR) is 76.3 cm³/mol. The Balaban J connectivity index is 3.97. The highest BCUT2D eigenvalue weighted by molar-refractivity contribution is 5.94. The van der Waals surface area contributed by atoms with Crippen molar-refractivity contribution >= 4 is 11.9 Å². The largest absolute Gasteiger partial charge is 0.465 e. The molecule has 0 heterocycles. The topological polar surface area (TPSA) is 61.8 Å². The Bertz CT molecular complexity index is 247. The maximum absolute atomic E-state index is 11.7. The summed E-state index contributed by atoms with van der Waals surface area (Å²) in [5.41, 5.74) is 0. The van der Waals surface area contributed by atoms with E-state index in [-0.39, 0.29) is 13.2 Å². The van der Waals surface area contributed by atoms with Crippen molar-refractivity contribution in [2.45, 2.75) is 52.9 Å². The molecule has 0 aliphatic rings. The average Bonchev–Trinajstić information content (AvgIpc) is 2.42. The fraction of sp³-hybridized carbons (Fsp3) is 0.867. The van der Waals surface area contributed by atoms with E-state index in [1.807, 2.05) is 6.92 Å². The van der Waals surface area contributed by atoms with E-state index in [1.54, 1.807) is 13.8 Å². The highest BCUT2D eigenvalue weighted by atomic mass is 16.6. The molecule has 0 bridgehead atoms. The van der Waals surface area contributed by atoms with Gasteiger partial charge < -0.3 is 14.2 Å². The number of rotatable bonds is 12. The Morgan fingerprint density at radius 1 is 0.800 bits per heavy atom. The fourth-order valence-electron chi connectivity index (χ4n) is 1.87. The molecule has 0 spiro atoms. The molecule has 0 amide bonds. The number of carbonyl (C=O) groups is 2. The second-order valence-corrected chi connectivity index (χ2v) is 4.46. The molecule has 0 unspecified atom stereocenters. The summed E-state index contributed by atoms with van der Waals surface area (Å²) in [6.45, 7) is 7.51. The minimum absolute atomic E-state index is 0.281. The molecule has 0 atom stereocenters. The number of hydrogen-bond acceptors (Lipinski definition) is 5. The summed E-state index contributed by atoms with van der Waals surface area (Å²) < 4.78 is 15.1. The summed E-state index contributed by atoms with van der Waals surface area (Å²) in [4.78, 5) is 23.4. The van der Waals surface area contributed by atoms with Gasteiger partial charge >= 0.3 is 11.9 Å². The fourth-order valence-corrected chi connectivity index (χ4v) is 1.87. The van der Waals surface area contributed by atoms with Gasteiger partial charge in [-0.25, -0.2) is 0 Å². The van der Waals surface area contributed by atoms with Crippen LogP contribution in [-0.4, -0.2) is 38.4 Å². The SMILES string of the molecule is CCOCCCCCCC(C(=O)OCC)C(=O)OCC. The normalized spacial score (nSPS) is 10.6. The van der Waals surface area contributed by atoms with Gasteiger partial charge in [0.1, 0.15) is 0 Å². The first-order valence-corrected chi connectivity index (χ1v) is 7.58. The van der Waals surface area contributed by atoms with Gasteiger partial charge in [0.25, 0.3) is 0 Å². The molecule has 118 valence electrons. The predicted octanol–water partition coefficient (Wildman–Crippen LogP) is 2.72. The summed E-state index contributed by atoms with van der Waals surface area (Å²) >= 11 is 0. The van der Waals surface area contributed by atoms with Crippen molar-refractivity contribution in [2.75, 3.05) is 26.4 Å². The Hall–Kier alpha value is -1.10. The maximum atomic E-state index is 11.7. The number of carbonyl (C=O) groups excluding carboxylic acids is 2. The van der Waals surface area contributed by atoms with Crippen molar-refractivity contribution < 1.29 is 23.8 Å². The molecule has 20 heavy (non-hydrogen) atoms. The second kappa shape index (κ2) is 12.9. The zero-order valence-electron chi connectivity index (χ0n) is 13.0. The van der Waals surface area contributed by atoms with Crippen LogP contribution in [0.5, 0.6) is 0 Å². The van der Waals surface area contributed by atoms with Crippen molar-refractivity contribution in [1.82, 2.24) is 0 Å². The minimum atomic E-state index is -0.776. The lowest BCUT2D eigenvalue weighted by molar-refractivity contribution is -0.161. The molecule has 0 N–H and O–H groups in total. The maximum Gasteiger partial charge on any atom is 0.320 e. The summed E-state index contributed by atoms with van der Waals surface area (Å²) in [7, 11) is 0. The first kappa shape index (κ1) is 18.9. The number of esters is 2. The molecular weight excluding hydrogens is 260 g/mol. The molecule has 0 aromatic rings. The molecule has 0 fully saturated rings. The summed E-state index contributed by atoms with van der Waals surface area (Å²) in [5, 5.41) is 0. The molecule has 0 saturated heterocycles. The van der Waals surface area contributed by atoms with Crippen LogP contribution >= 0.6 is 0 Å². The van der Waals surface area contributed by atoms with Crippen LogP contribution in [0, 0.1) is 5.92 Å². The number of ether oxygens (including phenoxy) is 3. The van der Waals surface area contributed by atoms with Gasteiger partial charge in [0, 0.05) is 13.2 Å². The Morgan fingerprint density at radius 2 is 1.35 bits per heavy atom. The van der Waals surface area contributed by atoms with Crippen LogP contribution in [0.1, 0.15) is 52.9 Å². The van der Waals surface area contributed by atoms with Crippen LogP contribution in [0.15, 0.2) is 0 Å². The first-order valence-electron chi connectivity index (χ1n) is 7.58. The molecule has 0 rings (SSSR count). The van der Waals surface area contributed by atoms with Gasteiger partial charge in [0.2, 0.25) is 0 Å². The highest BCUT2D eigenvalue weighted by Crippen LogP contribution is 2.15. The van der Waals surface area contributed by atoms with E-state index < -0.39 is 17.9 Å². The zero-order valence-corrected chi connectivity index (χ0v) is 13.0. The van der Waals surface area contributed by atoms with E-state index in [4.69, 9.17) is 14.2 Å². The van der Waals surface area contributed by atoms with Crippen molar-refractivity contribution in [1.29, 1.82) is 0 Å². The van der Waals surface area contributed by atoms with E-state index in [9.17, 15) is 9.59 Å². The van der Waals surface area contributed by atoms with Gasteiger partial charge in [-0.05, 0) is 33.6 Å².